The maximum absolute atomic E-state index is 7.84. The van der Waals surface area contributed by atoms with Gasteiger partial charge in [-0.15, -0.1) is 11.6 Å². The molecule has 1 unspecified atom stereocenters. The Morgan fingerprint density at radius 2 is 2.50 bits per heavy atom. The van der Waals surface area contributed by atoms with Crippen molar-refractivity contribution < 1.29 is 0 Å². The highest BCUT2D eigenvalue weighted by Crippen LogP contribution is 2.05. The molecule has 0 aliphatic rings. The van der Waals surface area contributed by atoms with Crippen LogP contribution in [0, 0.1) is 0 Å². The van der Waals surface area contributed by atoms with Crippen molar-refractivity contribution in [1.29, 1.82) is 0 Å². The van der Waals surface area contributed by atoms with Crippen LogP contribution >= 0.6 is 11.6 Å². The molecule has 0 aromatic heterocycles. The topological polar surface area (TPSA) is 48.8 Å². The zero-order chi connectivity index (χ0) is 6.41. The van der Waals surface area contributed by atoms with E-state index in [2.05, 4.69) is 10.0 Å². The molecule has 0 N–H and O–H groups in total. The average molecular weight is 134 g/mol. The minimum Gasteiger partial charge on any atom is -0.117 e. The highest BCUT2D eigenvalue weighted by Gasteiger charge is 1.95. The highest BCUT2D eigenvalue weighted by atomic mass is 35.5. The lowest BCUT2D eigenvalue weighted by Gasteiger charge is -1.94. The summed E-state index contributed by atoms with van der Waals surface area (Å²) in [7, 11) is 0. The molecule has 0 fully saturated rings. The van der Waals surface area contributed by atoms with E-state index in [1.54, 1.807) is 0 Å². The van der Waals surface area contributed by atoms with Crippen LogP contribution in [0.15, 0.2) is 5.11 Å². The van der Waals surface area contributed by atoms with E-state index >= 15 is 0 Å². The second-order valence-electron chi connectivity index (χ2n) is 1.43. The molecule has 0 amide bonds. The van der Waals surface area contributed by atoms with Gasteiger partial charge in [0.25, 0.3) is 0 Å². The van der Waals surface area contributed by atoms with Crippen molar-refractivity contribution in [1.82, 2.24) is 0 Å². The summed E-state index contributed by atoms with van der Waals surface area (Å²) in [6.07, 6.45) is 1.71. The molecule has 0 rings (SSSR count). The second kappa shape index (κ2) is 4.75. The zero-order valence-corrected chi connectivity index (χ0v) is 5.47. The fourth-order valence-electron chi connectivity index (χ4n) is 0.352. The van der Waals surface area contributed by atoms with Crippen molar-refractivity contribution >= 4 is 11.6 Å². The maximum atomic E-state index is 7.84. The third-order valence-corrected chi connectivity index (χ3v) is 1.01. The number of halogens is 1. The quantitative estimate of drug-likeness (QED) is 0.187. The predicted octanol–water partition coefficient (Wildman–Crippen LogP) is 2.66. The lowest BCUT2D eigenvalue weighted by Crippen LogP contribution is -1.88. The first-order valence-corrected chi connectivity index (χ1v) is 2.93. The number of alkyl halides is 1. The first-order valence-electron chi connectivity index (χ1n) is 2.49. The first-order chi connectivity index (χ1) is 3.81. The van der Waals surface area contributed by atoms with E-state index in [1.807, 2.05) is 6.92 Å². The van der Waals surface area contributed by atoms with Gasteiger partial charge < -0.3 is 0 Å². The van der Waals surface area contributed by atoms with Gasteiger partial charge in [0.15, 0.2) is 0 Å². The van der Waals surface area contributed by atoms with Crippen molar-refractivity contribution in [2.24, 2.45) is 5.11 Å². The minimum atomic E-state index is -0.356. The van der Waals surface area contributed by atoms with E-state index in [9.17, 15) is 0 Å². The lowest BCUT2D eigenvalue weighted by atomic mass is 10.3. The molecule has 0 spiro atoms. The Morgan fingerprint density at radius 1 is 1.88 bits per heavy atom. The monoisotopic (exact) mass is 133 g/mol. The Balaban J connectivity index is 3.31. The number of nitrogens with zero attached hydrogens (tertiary/aromatic N) is 3. The molecule has 0 aromatic carbocycles. The van der Waals surface area contributed by atoms with E-state index in [-0.39, 0.29) is 5.50 Å². The summed E-state index contributed by atoms with van der Waals surface area (Å²) < 4.78 is 0. The molecule has 0 aliphatic heterocycles. The van der Waals surface area contributed by atoms with Gasteiger partial charge in [-0.05, 0) is 12.0 Å². The van der Waals surface area contributed by atoms with Crippen molar-refractivity contribution in [3.05, 3.63) is 10.4 Å². The third kappa shape index (κ3) is 3.78. The van der Waals surface area contributed by atoms with Gasteiger partial charge in [0.2, 0.25) is 0 Å². The normalized spacial score (nSPS) is 12.2. The van der Waals surface area contributed by atoms with Gasteiger partial charge in [0, 0.05) is 4.91 Å². The molecule has 0 aromatic rings. The second-order valence-corrected chi connectivity index (χ2v) is 1.93. The zero-order valence-electron chi connectivity index (χ0n) is 4.71. The Morgan fingerprint density at radius 3 is 2.88 bits per heavy atom. The fourth-order valence-corrected chi connectivity index (χ4v) is 0.609. The molecule has 46 valence electrons. The molecule has 0 saturated carbocycles. The van der Waals surface area contributed by atoms with Gasteiger partial charge in [-0.25, -0.2) is 0 Å². The molecule has 0 saturated heterocycles. The minimum absolute atomic E-state index is 0.356. The van der Waals surface area contributed by atoms with Crippen LogP contribution in [0.1, 0.15) is 19.8 Å². The average Bonchev–Trinajstić information content (AvgIpc) is 1.68. The van der Waals surface area contributed by atoms with Crippen LogP contribution < -0.4 is 0 Å². The number of azide groups is 1. The molecule has 0 aliphatic carbocycles. The molecule has 1 atom stereocenters. The van der Waals surface area contributed by atoms with Gasteiger partial charge in [-0.1, -0.05) is 18.5 Å². The SMILES string of the molecule is CCCC(Cl)N=[N+]=[N-]. The predicted molar refractivity (Wildman–Crippen MR) is 33.7 cm³/mol. The Kier molecular flexibility index (Phi) is 4.51. The summed E-state index contributed by atoms with van der Waals surface area (Å²) in [5.41, 5.74) is 7.48. The highest BCUT2D eigenvalue weighted by molar-refractivity contribution is 6.20. The largest absolute Gasteiger partial charge is 0.117 e. The van der Waals surface area contributed by atoms with E-state index in [1.165, 1.54) is 0 Å². The van der Waals surface area contributed by atoms with E-state index < -0.39 is 0 Å². The molecular weight excluding hydrogens is 126 g/mol. The van der Waals surface area contributed by atoms with Crippen LogP contribution in [0.4, 0.5) is 0 Å². The molecule has 0 radical (unpaired) electrons. The number of hydrogen-bond acceptors (Lipinski definition) is 1. The van der Waals surface area contributed by atoms with E-state index in [0.29, 0.717) is 0 Å². The van der Waals surface area contributed by atoms with Crippen LogP contribution in [-0.2, 0) is 0 Å². The van der Waals surface area contributed by atoms with Crippen molar-refractivity contribution in [2.45, 2.75) is 25.3 Å². The molecule has 3 nitrogen and oxygen atoms in total. The summed E-state index contributed by atoms with van der Waals surface area (Å²) in [5, 5.41) is 3.26. The van der Waals surface area contributed by atoms with Crippen molar-refractivity contribution in [2.75, 3.05) is 0 Å². The van der Waals surface area contributed by atoms with Gasteiger partial charge in [0.05, 0.1) is 0 Å². The van der Waals surface area contributed by atoms with Crippen LogP contribution in [-0.4, -0.2) is 5.50 Å². The third-order valence-electron chi connectivity index (χ3n) is 0.704. The van der Waals surface area contributed by atoms with Crippen LogP contribution in [0.5, 0.6) is 0 Å². The summed E-state index contributed by atoms with van der Waals surface area (Å²) in [6, 6.07) is 0. The van der Waals surface area contributed by atoms with Gasteiger partial charge >= 0.3 is 0 Å². The molecular formula is C4H8ClN3. The van der Waals surface area contributed by atoms with Gasteiger partial charge in [0.1, 0.15) is 5.50 Å². The van der Waals surface area contributed by atoms with Crippen LogP contribution in [0.25, 0.3) is 10.4 Å². The summed E-state index contributed by atoms with van der Waals surface area (Å²) >= 11 is 5.46. The lowest BCUT2D eigenvalue weighted by molar-refractivity contribution is 0.752. The summed E-state index contributed by atoms with van der Waals surface area (Å²) in [6.45, 7) is 1.99. The van der Waals surface area contributed by atoms with Crippen LogP contribution in [0.2, 0.25) is 0 Å². The standard InChI is InChI=1S/C4H8ClN3/c1-2-3-4(5)7-8-6/h4H,2-3H2,1H3. The maximum Gasteiger partial charge on any atom is 0.112 e. The Hall–Kier alpha value is -0.400. The summed E-state index contributed by atoms with van der Waals surface area (Å²) in [5.74, 6) is 0. The van der Waals surface area contributed by atoms with Crippen molar-refractivity contribution in [3.63, 3.8) is 0 Å². The van der Waals surface area contributed by atoms with Crippen LogP contribution in [0.3, 0.4) is 0 Å². The Bertz CT molecular complexity index is 97.5. The molecule has 4 heteroatoms. The first kappa shape index (κ1) is 7.60. The number of rotatable bonds is 3. The smallest absolute Gasteiger partial charge is 0.112 e. The van der Waals surface area contributed by atoms with E-state index in [4.69, 9.17) is 17.1 Å². The number of hydrogen-bond donors (Lipinski definition) is 0. The molecule has 8 heavy (non-hydrogen) atoms. The summed E-state index contributed by atoms with van der Waals surface area (Å²) in [4.78, 5) is 2.55. The Labute approximate surface area is 53.3 Å². The fraction of sp³-hybridized carbons (Fsp3) is 1.00. The van der Waals surface area contributed by atoms with Gasteiger partial charge in [-0.3, -0.25) is 0 Å². The molecule has 0 bridgehead atoms. The molecule has 0 heterocycles. The van der Waals surface area contributed by atoms with Crippen molar-refractivity contribution in [3.8, 4) is 0 Å². The van der Waals surface area contributed by atoms with E-state index in [0.717, 1.165) is 12.8 Å². The van der Waals surface area contributed by atoms with Gasteiger partial charge in [-0.2, -0.15) is 0 Å².